The summed E-state index contributed by atoms with van der Waals surface area (Å²) in [5.41, 5.74) is 1.41. The van der Waals surface area contributed by atoms with Gasteiger partial charge in [-0.05, 0) is 54.3 Å². The van der Waals surface area contributed by atoms with Crippen molar-refractivity contribution in [2.24, 2.45) is 28.6 Å². The third-order valence-electron chi connectivity index (χ3n) is 5.71. The second-order valence-electron chi connectivity index (χ2n) is 7.22. The standard InChI is InChI=1S/C15H22O2/c1-9-4-5-12-11(13(16)17)6-10-7-14(2,3)8-15(9,10)12/h6,9-10,12H,4-5,7-8H2,1-3H3,(H,16,17)/t9-,10+,12+,15+/m1/s1. The molecule has 2 fully saturated rings. The lowest BCUT2D eigenvalue weighted by molar-refractivity contribution is -0.133. The Bertz CT molecular complexity index is 407. The molecule has 2 heteroatoms. The highest BCUT2D eigenvalue weighted by Gasteiger charge is 2.63. The van der Waals surface area contributed by atoms with E-state index in [4.69, 9.17) is 0 Å². The Morgan fingerprint density at radius 1 is 1.41 bits per heavy atom. The number of rotatable bonds is 1. The fraction of sp³-hybridized carbons (Fsp3) is 0.800. The predicted molar refractivity (Wildman–Crippen MR) is 66.5 cm³/mol. The Hall–Kier alpha value is -0.790. The molecule has 0 aromatic rings. The highest BCUT2D eigenvalue weighted by Crippen LogP contribution is 2.70. The second-order valence-corrected chi connectivity index (χ2v) is 7.22. The Morgan fingerprint density at radius 2 is 2.12 bits per heavy atom. The number of carboxylic acid groups (broad SMARTS) is 1. The first kappa shape index (κ1) is 11.3. The van der Waals surface area contributed by atoms with Crippen molar-refractivity contribution >= 4 is 5.97 Å². The first-order chi connectivity index (χ1) is 7.87. The predicted octanol–water partition coefficient (Wildman–Crippen LogP) is 3.48. The topological polar surface area (TPSA) is 37.3 Å². The van der Waals surface area contributed by atoms with E-state index in [9.17, 15) is 9.90 Å². The van der Waals surface area contributed by atoms with Gasteiger partial charge in [-0.25, -0.2) is 4.79 Å². The van der Waals surface area contributed by atoms with Gasteiger partial charge in [0, 0.05) is 5.57 Å². The van der Waals surface area contributed by atoms with E-state index in [0.29, 0.717) is 23.2 Å². The van der Waals surface area contributed by atoms with Gasteiger partial charge in [-0.15, -0.1) is 0 Å². The fourth-order valence-corrected chi connectivity index (χ4v) is 5.25. The van der Waals surface area contributed by atoms with Gasteiger partial charge in [-0.2, -0.15) is 0 Å². The van der Waals surface area contributed by atoms with Crippen LogP contribution in [-0.2, 0) is 4.79 Å². The molecule has 0 aromatic carbocycles. The van der Waals surface area contributed by atoms with Crippen LogP contribution in [0.5, 0.6) is 0 Å². The summed E-state index contributed by atoms with van der Waals surface area (Å²) in [4.78, 5) is 11.4. The van der Waals surface area contributed by atoms with Crippen LogP contribution in [0.3, 0.4) is 0 Å². The van der Waals surface area contributed by atoms with E-state index in [-0.39, 0.29) is 5.41 Å². The molecule has 0 aliphatic heterocycles. The van der Waals surface area contributed by atoms with Gasteiger partial charge in [-0.3, -0.25) is 0 Å². The largest absolute Gasteiger partial charge is 0.478 e. The summed E-state index contributed by atoms with van der Waals surface area (Å²) in [5.74, 6) is 0.871. The van der Waals surface area contributed by atoms with Crippen LogP contribution >= 0.6 is 0 Å². The molecule has 0 amide bonds. The molecule has 17 heavy (non-hydrogen) atoms. The van der Waals surface area contributed by atoms with Gasteiger partial charge in [0.1, 0.15) is 0 Å². The minimum atomic E-state index is -0.671. The lowest BCUT2D eigenvalue weighted by Gasteiger charge is -2.36. The maximum absolute atomic E-state index is 11.4. The number of carboxylic acids is 1. The summed E-state index contributed by atoms with van der Waals surface area (Å²) in [7, 11) is 0. The first-order valence-corrected chi connectivity index (χ1v) is 6.82. The van der Waals surface area contributed by atoms with Crippen LogP contribution < -0.4 is 0 Å². The molecule has 0 unspecified atom stereocenters. The summed E-state index contributed by atoms with van der Waals surface area (Å²) in [6, 6.07) is 0. The third-order valence-corrected chi connectivity index (χ3v) is 5.71. The van der Waals surface area contributed by atoms with Crippen molar-refractivity contribution in [3.8, 4) is 0 Å². The molecule has 94 valence electrons. The van der Waals surface area contributed by atoms with Crippen LogP contribution in [0, 0.1) is 28.6 Å². The molecule has 0 heterocycles. The van der Waals surface area contributed by atoms with Crippen molar-refractivity contribution in [2.45, 2.75) is 46.5 Å². The number of hydrogen-bond acceptors (Lipinski definition) is 1. The summed E-state index contributed by atoms with van der Waals surface area (Å²) in [5, 5.41) is 9.36. The minimum Gasteiger partial charge on any atom is -0.478 e. The smallest absolute Gasteiger partial charge is 0.331 e. The van der Waals surface area contributed by atoms with Crippen molar-refractivity contribution in [3.63, 3.8) is 0 Å². The van der Waals surface area contributed by atoms with E-state index in [1.54, 1.807) is 0 Å². The van der Waals surface area contributed by atoms with E-state index in [1.807, 2.05) is 0 Å². The molecular weight excluding hydrogens is 212 g/mol. The van der Waals surface area contributed by atoms with Crippen LogP contribution in [0.1, 0.15) is 46.5 Å². The summed E-state index contributed by atoms with van der Waals surface area (Å²) >= 11 is 0. The van der Waals surface area contributed by atoms with Crippen molar-refractivity contribution in [2.75, 3.05) is 0 Å². The average Bonchev–Trinajstić information content (AvgIpc) is 2.73. The average molecular weight is 234 g/mol. The minimum absolute atomic E-state index is 0.289. The van der Waals surface area contributed by atoms with E-state index < -0.39 is 5.97 Å². The van der Waals surface area contributed by atoms with Gasteiger partial charge in [0.05, 0.1) is 0 Å². The fourth-order valence-electron chi connectivity index (χ4n) is 5.25. The lowest BCUT2D eigenvalue weighted by Crippen LogP contribution is -2.32. The van der Waals surface area contributed by atoms with Crippen molar-refractivity contribution in [1.29, 1.82) is 0 Å². The SMILES string of the molecule is C[C@@H]1CC[C@H]2C(C(=O)O)=C[C@H]3CC(C)(C)C[C@]132. The Morgan fingerprint density at radius 3 is 2.76 bits per heavy atom. The number of aliphatic carboxylic acids is 1. The molecule has 0 saturated heterocycles. The molecule has 0 radical (unpaired) electrons. The molecule has 4 atom stereocenters. The highest BCUT2D eigenvalue weighted by atomic mass is 16.4. The number of carbonyl (C=O) groups is 1. The lowest BCUT2D eigenvalue weighted by atomic mass is 9.67. The van der Waals surface area contributed by atoms with Gasteiger partial charge in [0.2, 0.25) is 0 Å². The van der Waals surface area contributed by atoms with Gasteiger partial charge >= 0.3 is 5.97 Å². The Labute approximate surface area is 103 Å². The zero-order chi connectivity index (χ0) is 12.4. The normalized spacial score (nSPS) is 46.5. The molecule has 2 saturated carbocycles. The molecular formula is C15H22O2. The van der Waals surface area contributed by atoms with Crippen LogP contribution in [0.25, 0.3) is 0 Å². The van der Waals surface area contributed by atoms with Gasteiger partial charge in [-0.1, -0.05) is 26.8 Å². The zero-order valence-corrected chi connectivity index (χ0v) is 11.0. The summed E-state index contributed by atoms with van der Waals surface area (Å²) in [6.07, 6.45) is 6.79. The van der Waals surface area contributed by atoms with Gasteiger partial charge < -0.3 is 5.11 Å². The molecule has 1 N–H and O–H groups in total. The van der Waals surface area contributed by atoms with Crippen LogP contribution in [0.2, 0.25) is 0 Å². The Balaban J connectivity index is 2.06. The van der Waals surface area contributed by atoms with Crippen molar-refractivity contribution in [3.05, 3.63) is 11.6 Å². The highest BCUT2D eigenvalue weighted by molar-refractivity contribution is 5.88. The van der Waals surface area contributed by atoms with Crippen LogP contribution in [0.15, 0.2) is 11.6 Å². The zero-order valence-electron chi connectivity index (χ0n) is 11.0. The van der Waals surface area contributed by atoms with Gasteiger partial charge in [0.15, 0.2) is 0 Å². The van der Waals surface area contributed by atoms with Crippen molar-refractivity contribution < 1.29 is 9.90 Å². The quantitative estimate of drug-likeness (QED) is 0.754. The molecule has 3 rings (SSSR count). The summed E-state index contributed by atoms with van der Waals surface area (Å²) in [6.45, 7) is 7.03. The van der Waals surface area contributed by atoms with E-state index in [0.717, 1.165) is 12.0 Å². The Kier molecular flexibility index (Phi) is 2.10. The van der Waals surface area contributed by atoms with E-state index in [2.05, 4.69) is 26.8 Å². The third kappa shape index (κ3) is 1.30. The second kappa shape index (κ2) is 3.15. The molecule has 3 aliphatic rings. The molecule has 0 bridgehead atoms. The maximum atomic E-state index is 11.4. The van der Waals surface area contributed by atoms with Crippen LogP contribution in [-0.4, -0.2) is 11.1 Å². The monoisotopic (exact) mass is 234 g/mol. The van der Waals surface area contributed by atoms with E-state index in [1.165, 1.54) is 19.3 Å². The van der Waals surface area contributed by atoms with E-state index >= 15 is 0 Å². The molecule has 1 spiro atoms. The number of allylic oxidation sites excluding steroid dienone is 1. The number of hydrogen-bond donors (Lipinski definition) is 1. The van der Waals surface area contributed by atoms with Crippen LogP contribution in [0.4, 0.5) is 0 Å². The summed E-state index contributed by atoms with van der Waals surface area (Å²) < 4.78 is 0. The van der Waals surface area contributed by atoms with Crippen molar-refractivity contribution in [1.82, 2.24) is 0 Å². The maximum Gasteiger partial charge on any atom is 0.331 e. The molecule has 0 aromatic heterocycles. The molecule has 3 aliphatic carbocycles. The first-order valence-electron chi connectivity index (χ1n) is 6.82. The molecule has 2 nitrogen and oxygen atoms in total. The van der Waals surface area contributed by atoms with Gasteiger partial charge in [0.25, 0.3) is 0 Å².